The molecule has 1 aliphatic rings. The first-order chi connectivity index (χ1) is 14.4. The Hall–Kier alpha value is -2.99. The molecule has 30 heavy (non-hydrogen) atoms. The molecule has 0 saturated carbocycles. The molecule has 0 bridgehead atoms. The van der Waals surface area contributed by atoms with Crippen molar-refractivity contribution >= 4 is 32.6 Å². The number of carbonyl (C=O) groups is 1. The topological polar surface area (TPSA) is 54.5 Å². The number of fused-ring (bicyclic) bond motifs is 1. The van der Waals surface area contributed by atoms with Crippen LogP contribution in [0.4, 0.5) is 4.39 Å². The Balaban J connectivity index is 1.64. The zero-order valence-corrected chi connectivity index (χ0v) is 17.2. The molecule has 4 rings (SSSR count). The van der Waals surface area contributed by atoms with Crippen molar-refractivity contribution in [3.63, 3.8) is 0 Å². The smallest absolute Gasteiger partial charge is 0.247 e. The summed E-state index contributed by atoms with van der Waals surface area (Å²) in [5.74, 6) is -0.520. The predicted octanol–water partition coefficient (Wildman–Crippen LogP) is 4.21. The van der Waals surface area contributed by atoms with Crippen LogP contribution in [0.15, 0.2) is 72.8 Å². The van der Waals surface area contributed by atoms with E-state index in [9.17, 15) is 17.6 Å². The normalized spacial score (nSPS) is 18.1. The molecule has 1 saturated heterocycles. The average Bonchev–Trinajstić information content (AvgIpc) is 3.10. The third-order valence-corrected chi connectivity index (χ3v) is 7.19. The summed E-state index contributed by atoms with van der Waals surface area (Å²) in [6, 6.07) is 19.4. The molecular weight excluding hydrogens is 401 g/mol. The Bertz CT molecular complexity index is 1200. The Kier molecular flexibility index (Phi) is 5.68. The Labute approximate surface area is 175 Å². The van der Waals surface area contributed by atoms with Crippen molar-refractivity contribution in [2.75, 3.05) is 11.5 Å². The highest BCUT2D eigenvalue weighted by Crippen LogP contribution is 2.25. The summed E-state index contributed by atoms with van der Waals surface area (Å²) < 4.78 is 37.2. The average molecular weight is 424 g/mol. The maximum absolute atomic E-state index is 13.1. The quantitative estimate of drug-likeness (QED) is 0.578. The number of sulfone groups is 1. The lowest BCUT2D eigenvalue weighted by atomic mass is 10.0. The number of amides is 1. The second-order valence-corrected chi connectivity index (χ2v) is 9.77. The Morgan fingerprint density at radius 2 is 1.77 bits per heavy atom. The van der Waals surface area contributed by atoms with Crippen LogP contribution in [0.3, 0.4) is 0 Å². The maximum atomic E-state index is 13.1. The van der Waals surface area contributed by atoms with Crippen LogP contribution >= 0.6 is 0 Å². The van der Waals surface area contributed by atoms with Gasteiger partial charge in [0.05, 0.1) is 11.5 Å². The molecule has 0 aliphatic carbocycles. The number of hydrogen-bond acceptors (Lipinski definition) is 3. The van der Waals surface area contributed by atoms with E-state index in [0.717, 1.165) is 16.3 Å². The third kappa shape index (κ3) is 4.60. The van der Waals surface area contributed by atoms with Crippen molar-refractivity contribution in [2.45, 2.75) is 19.0 Å². The fraction of sp³-hybridized carbons (Fsp3) is 0.208. The second-order valence-electron chi connectivity index (χ2n) is 7.55. The summed E-state index contributed by atoms with van der Waals surface area (Å²) in [5.41, 5.74) is 1.68. The van der Waals surface area contributed by atoms with Crippen LogP contribution in [-0.4, -0.2) is 36.8 Å². The molecule has 0 radical (unpaired) electrons. The summed E-state index contributed by atoms with van der Waals surface area (Å²) in [5, 5.41) is 2.12. The molecule has 3 aromatic rings. The van der Waals surface area contributed by atoms with Crippen LogP contribution in [0.5, 0.6) is 0 Å². The van der Waals surface area contributed by atoms with Gasteiger partial charge in [-0.25, -0.2) is 12.8 Å². The van der Waals surface area contributed by atoms with Gasteiger partial charge in [-0.15, -0.1) is 0 Å². The summed E-state index contributed by atoms with van der Waals surface area (Å²) >= 11 is 0. The van der Waals surface area contributed by atoms with E-state index in [0.29, 0.717) is 18.5 Å². The molecule has 1 aliphatic heterocycles. The minimum Gasteiger partial charge on any atom is -0.331 e. The molecule has 0 N–H and O–H groups in total. The van der Waals surface area contributed by atoms with Crippen LogP contribution in [0, 0.1) is 5.82 Å². The summed E-state index contributed by atoms with van der Waals surface area (Å²) in [4.78, 5) is 14.7. The second kappa shape index (κ2) is 8.40. The van der Waals surface area contributed by atoms with E-state index in [4.69, 9.17) is 0 Å². The Morgan fingerprint density at radius 1 is 1.03 bits per heavy atom. The highest BCUT2D eigenvalue weighted by atomic mass is 32.2. The molecule has 1 atom stereocenters. The summed E-state index contributed by atoms with van der Waals surface area (Å²) in [6.07, 6.45) is 3.49. The molecule has 6 heteroatoms. The lowest BCUT2D eigenvalue weighted by molar-refractivity contribution is -0.128. The first kappa shape index (κ1) is 20.3. The van der Waals surface area contributed by atoms with Crippen LogP contribution in [0.25, 0.3) is 16.8 Å². The number of benzene rings is 3. The predicted molar refractivity (Wildman–Crippen MR) is 117 cm³/mol. The maximum Gasteiger partial charge on any atom is 0.247 e. The van der Waals surface area contributed by atoms with Crippen LogP contribution in [0.1, 0.15) is 17.5 Å². The van der Waals surface area contributed by atoms with Gasteiger partial charge in [0.15, 0.2) is 9.84 Å². The van der Waals surface area contributed by atoms with Gasteiger partial charge in [0, 0.05) is 18.7 Å². The van der Waals surface area contributed by atoms with Gasteiger partial charge in [-0.05, 0) is 46.5 Å². The zero-order chi connectivity index (χ0) is 21.1. The van der Waals surface area contributed by atoms with E-state index in [2.05, 4.69) is 0 Å². The summed E-state index contributed by atoms with van der Waals surface area (Å²) in [6.45, 7) is 0.328. The largest absolute Gasteiger partial charge is 0.331 e. The molecule has 1 heterocycles. The number of hydrogen-bond donors (Lipinski definition) is 0. The van der Waals surface area contributed by atoms with Crippen molar-refractivity contribution in [2.24, 2.45) is 0 Å². The molecule has 154 valence electrons. The van der Waals surface area contributed by atoms with Crippen molar-refractivity contribution in [3.05, 3.63) is 89.8 Å². The lowest BCUT2D eigenvalue weighted by Gasteiger charge is -2.28. The van der Waals surface area contributed by atoms with Crippen LogP contribution < -0.4 is 0 Å². The minimum absolute atomic E-state index is 0.0199. The van der Waals surface area contributed by atoms with E-state index in [1.165, 1.54) is 18.2 Å². The van der Waals surface area contributed by atoms with E-state index in [-0.39, 0.29) is 29.3 Å². The van der Waals surface area contributed by atoms with Gasteiger partial charge in [0.25, 0.3) is 0 Å². The molecule has 1 amide bonds. The third-order valence-electron chi connectivity index (χ3n) is 5.44. The van der Waals surface area contributed by atoms with Gasteiger partial charge < -0.3 is 4.90 Å². The fourth-order valence-electron chi connectivity index (χ4n) is 3.86. The van der Waals surface area contributed by atoms with Gasteiger partial charge in [-0.3, -0.25) is 4.79 Å². The highest BCUT2D eigenvalue weighted by molar-refractivity contribution is 7.91. The molecular formula is C24H22FNO3S. The molecule has 4 nitrogen and oxygen atoms in total. The highest BCUT2D eigenvalue weighted by Gasteiger charge is 2.34. The standard InChI is InChI=1S/C24H22FNO3S/c25-21-11-8-18(9-12-21)10-13-24(27)26(22-14-15-30(28,29)17-22)16-20-6-3-5-19-4-1-2-7-23(19)20/h1-13,22H,14-17H2/b13-10+. The SMILES string of the molecule is O=C(/C=C/c1ccc(F)cc1)N(Cc1cccc2ccccc12)C1CCS(=O)(=O)C1. The lowest BCUT2D eigenvalue weighted by Crippen LogP contribution is -2.39. The van der Waals surface area contributed by atoms with Gasteiger partial charge in [-0.2, -0.15) is 0 Å². The summed E-state index contributed by atoms with van der Waals surface area (Å²) in [7, 11) is -3.14. The molecule has 3 aromatic carbocycles. The van der Waals surface area contributed by atoms with Gasteiger partial charge in [0.2, 0.25) is 5.91 Å². The molecule has 1 fully saturated rings. The van der Waals surface area contributed by atoms with Gasteiger partial charge in [0.1, 0.15) is 5.82 Å². The van der Waals surface area contributed by atoms with Crippen molar-refractivity contribution in [1.82, 2.24) is 4.90 Å². The van der Waals surface area contributed by atoms with Crippen molar-refractivity contribution in [1.29, 1.82) is 0 Å². The van der Waals surface area contributed by atoms with Crippen LogP contribution in [0.2, 0.25) is 0 Å². The first-order valence-electron chi connectivity index (χ1n) is 9.83. The van der Waals surface area contributed by atoms with Gasteiger partial charge >= 0.3 is 0 Å². The van der Waals surface area contributed by atoms with Crippen molar-refractivity contribution in [3.8, 4) is 0 Å². The van der Waals surface area contributed by atoms with Crippen molar-refractivity contribution < 1.29 is 17.6 Å². The zero-order valence-electron chi connectivity index (χ0n) is 16.4. The van der Waals surface area contributed by atoms with Crippen LogP contribution in [-0.2, 0) is 21.2 Å². The molecule has 0 aromatic heterocycles. The number of nitrogens with zero attached hydrogens (tertiary/aromatic N) is 1. The number of halogens is 1. The van der Waals surface area contributed by atoms with E-state index < -0.39 is 9.84 Å². The molecule has 0 spiro atoms. The van der Waals surface area contributed by atoms with Gasteiger partial charge in [-0.1, -0.05) is 54.6 Å². The van der Waals surface area contributed by atoms with E-state index in [1.54, 1.807) is 23.1 Å². The molecule has 1 unspecified atom stereocenters. The first-order valence-corrected chi connectivity index (χ1v) is 11.6. The monoisotopic (exact) mass is 423 g/mol. The number of carbonyl (C=O) groups excluding carboxylic acids is 1. The minimum atomic E-state index is -3.14. The van der Waals surface area contributed by atoms with E-state index >= 15 is 0 Å². The Morgan fingerprint density at radius 3 is 2.50 bits per heavy atom. The fourth-order valence-corrected chi connectivity index (χ4v) is 5.59. The number of rotatable bonds is 5. The van der Waals surface area contributed by atoms with E-state index in [1.807, 2.05) is 42.5 Å².